The van der Waals surface area contributed by atoms with Crippen molar-refractivity contribution < 1.29 is 13.0 Å². The molecule has 3 heterocycles. The molecule has 3 N–H and O–H groups in total. The summed E-state index contributed by atoms with van der Waals surface area (Å²) in [6.45, 7) is 0.0970. The largest absolute Gasteiger partial charge is 0.350 e. The summed E-state index contributed by atoms with van der Waals surface area (Å²) in [5, 5.41) is 5.44. The molecular formula is C16H13ClN4O6S2. The lowest BCUT2D eigenvalue weighted by Gasteiger charge is -2.06. The number of aromatic nitrogens is 4. The second-order valence-electron chi connectivity index (χ2n) is 5.89. The molecule has 13 heteroatoms. The van der Waals surface area contributed by atoms with Gasteiger partial charge in [-0.2, -0.15) is 8.42 Å². The number of H-pyrrole nitrogens is 2. The summed E-state index contributed by atoms with van der Waals surface area (Å²) in [6.07, 6.45) is 2.32. The fourth-order valence-electron chi connectivity index (χ4n) is 2.58. The minimum absolute atomic E-state index is 0.0600. The van der Waals surface area contributed by atoms with Gasteiger partial charge in [-0.25, -0.2) is 9.67 Å². The van der Waals surface area contributed by atoms with Gasteiger partial charge in [0.05, 0.1) is 18.3 Å². The number of nitrogens with zero attached hydrogens (tertiary/aromatic N) is 2. The van der Waals surface area contributed by atoms with Crippen LogP contribution in [0.2, 0.25) is 5.02 Å². The van der Waals surface area contributed by atoms with Gasteiger partial charge >= 0.3 is 0 Å². The Bertz CT molecular complexity index is 1480. The Morgan fingerprint density at radius 1 is 1.28 bits per heavy atom. The Morgan fingerprint density at radius 2 is 1.97 bits per heavy atom. The molecule has 0 spiro atoms. The molecule has 0 bridgehead atoms. The third-order valence-electron chi connectivity index (χ3n) is 3.66. The van der Waals surface area contributed by atoms with E-state index < -0.39 is 26.7 Å². The van der Waals surface area contributed by atoms with Gasteiger partial charge in [0.15, 0.2) is 0 Å². The zero-order valence-electron chi connectivity index (χ0n) is 14.7. The van der Waals surface area contributed by atoms with Crippen molar-refractivity contribution in [3.63, 3.8) is 0 Å². The highest BCUT2D eigenvalue weighted by molar-refractivity contribution is 7.85. The second kappa shape index (κ2) is 7.91. The van der Waals surface area contributed by atoms with Crippen LogP contribution in [0.5, 0.6) is 0 Å². The van der Waals surface area contributed by atoms with Crippen molar-refractivity contribution in [3.8, 4) is 0 Å². The van der Waals surface area contributed by atoms with E-state index >= 15 is 0 Å². The number of hydrogen-bond acceptors (Lipinski definition) is 7. The third kappa shape index (κ3) is 4.79. The topological polar surface area (TPSA) is 155 Å². The quantitative estimate of drug-likeness (QED) is 0.302. The maximum atomic E-state index is 12.7. The number of rotatable bonds is 2. The lowest BCUT2D eigenvalue weighted by atomic mass is 10.1. The molecule has 10 nitrogen and oxygen atoms in total. The number of fused-ring (bicyclic) bond motifs is 2. The molecule has 0 aliphatic rings. The Kier molecular flexibility index (Phi) is 5.71. The van der Waals surface area contributed by atoms with Gasteiger partial charge in [-0.1, -0.05) is 11.6 Å². The SMILES string of the molecule is CS(=O)(=O)O.O=c1[nH]n(Cc2nccs2)c(=O)c2c(=O)c3ccc(Cl)cc3[nH]c12. The highest BCUT2D eigenvalue weighted by atomic mass is 35.5. The van der Waals surface area contributed by atoms with Crippen molar-refractivity contribution in [1.29, 1.82) is 0 Å². The van der Waals surface area contributed by atoms with E-state index in [-0.39, 0.29) is 17.4 Å². The number of thiazole rings is 1. The standard InChI is InChI=1S/C15H9ClN4O3S.CH4O3S/c16-7-1-2-8-9(5-7)18-12-11(13(8)21)15(23)20(19-14(12)22)6-10-17-3-4-24-10;1-5(2,3)4/h1-5H,6H2,(H,18,21)(H,19,22);1H3,(H,2,3,4). The zero-order chi connectivity index (χ0) is 21.3. The average molecular weight is 457 g/mol. The van der Waals surface area contributed by atoms with Crippen LogP contribution >= 0.6 is 22.9 Å². The first-order valence-corrected chi connectivity index (χ1v) is 10.9. The van der Waals surface area contributed by atoms with E-state index in [4.69, 9.17) is 16.2 Å². The fraction of sp³-hybridized carbons (Fsp3) is 0.125. The predicted molar refractivity (Wildman–Crippen MR) is 111 cm³/mol. The first kappa shape index (κ1) is 20.9. The van der Waals surface area contributed by atoms with Gasteiger partial charge in [-0.05, 0) is 18.2 Å². The number of benzene rings is 1. The normalized spacial score (nSPS) is 11.4. The molecule has 1 aromatic carbocycles. The van der Waals surface area contributed by atoms with E-state index in [1.165, 1.54) is 23.5 Å². The molecule has 4 rings (SSSR count). The highest BCUT2D eigenvalue weighted by Gasteiger charge is 2.15. The number of hydrogen-bond donors (Lipinski definition) is 3. The summed E-state index contributed by atoms with van der Waals surface area (Å²) in [5.41, 5.74) is -1.28. The molecule has 29 heavy (non-hydrogen) atoms. The molecule has 0 amide bonds. The van der Waals surface area contributed by atoms with Crippen LogP contribution in [0, 0.1) is 0 Å². The van der Waals surface area contributed by atoms with E-state index in [1.807, 2.05) is 0 Å². The van der Waals surface area contributed by atoms with Crippen LogP contribution in [0.4, 0.5) is 0 Å². The summed E-state index contributed by atoms with van der Waals surface area (Å²) in [7, 11) is -3.67. The van der Waals surface area contributed by atoms with Crippen molar-refractivity contribution in [2.45, 2.75) is 6.54 Å². The van der Waals surface area contributed by atoms with Crippen molar-refractivity contribution >= 4 is 54.9 Å². The molecule has 3 aromatic heterocycles. The van der Waals surface area contributed by atoms with Crippen LogP contribution in [-0.4, -0.2) is 39.0 Å². The Labute approximate surface area is 171 Å². The van der Waals surface area contributed by atoms with Crippen molar-refractivity contribution in [2.75, 3.05) is 6.26 Å². The molecule has 4 aromatic rings. The van der Waals surface area contributed by atoms with Crippen molar-refractivity contribution in [3.05, 3.63) is 70.7 Å². The first-order chi connectivity index (χ1) is 13.5. The van der Waals surface area contributed by atoms with Gasteiger partial charge in [0.1, 0.15) is 15.9 Å². The summed E-state index contributed by atoms with van der Waals surface area (Å²) in [5.74, 6) is 0. The highest BCUT2D eigenvalue weighted by Crippen LogP contribution is 2.16. The number of aromatic amines is 2. The van der Waals surface area contributed by atoms with E-state index in [9.17, 15) is 22.8 Å². The molecule has 0 saturated carbocycles. The molecule has 0 radical (unpaired) electrons. The molecule has 0 aliphatic carbocycles. The van der Waals surface area contributed by atoms with Gasteiger partial charge in [0.25, 0.3) is 21.2 Å². The van der Waals surface area contributed by atoms with Crippen LogP contribution in [0.25, 0.3) is 21.8 Å². The van der Waals surface area contributed by atoms with Crippen LogP contribution in [-0.2, 0) is 16.7 Å². The Balaban J connectivity index is 0.000000431. The molecule has 152 valence electrons. The molecule has 0 unspecified atom stereocenters. The van der Waals surface area contributed by atoms with Gasteiger partial charge < -0.3 is 4.98 Å². The van der Waals surface area contributed by atoms with E-state index in [0.717, 1.165) is 4.68 Å². The van der Waals surface area contributed by atoms with Crippen LogP contribution in [0.15, 0.2) is 44.2 Å². The van der Waals surface area contributed by atoms with Crippen molar-refractivity contribution in [2.24, 2.45) is 0 Å². The maximum Gasteiger partial charge on any atom is 0.287 e. The summed E-state index contributed by atoms with van der Waals surface area (Å²) < 4.78 is 27.0. The minimum Gasteiger partial charge on any atom is -0.350 e. The predicted octanol–water partition coefficient (Wildman–Crippen LogP) is 1.19. The molecule has 0 saturated heterocycles. The second-order valence-corrected chi connectivity index (χ2v) is 8.77. The van der Waals surface area contributed by atoms with E-state index in [2.05, 4.69) is 15.1 Å². The summed E-state index contributed by atoms with van der Waals surface area (Å²) in [6, 6.07) is 4.63. The first-order valence-electron chi connectivity index (χ1n) is 7.84. The number of pyridine rings is 1. The lowest BCUT2D eigenvalue weighted by Crippen LogP contribution is -2.34. The van der Waals surface area contributed by atoms with E-state index in [0.29, 0.717) is 27.2 Å². The van der Waals surface area contributed by atoms with Gasteiger partial charge in [-0.3, -0.25) is 24.0 Å². The maximum absolute atomic E-state index is 12.7. The summed E-state index contributed by atoms with van der Waals surface area (Å²) >= 11 is 7.27. The van der Waals surface area contributed by atoms with Crippen LogP contribution in [0.1, 0.15) is 5.01 Å². The van der Waals surface area contributed by atoms with Crippen LogP contribution in [0.3, 0.4) is 0 Å². The number of nitrogens with one attached hydrogen (secondary N) is 2. The molecule has 0 fully saturated rings. The van der Waals surface area contributed by atoms with Gasteiger partial charge in [-0.15, -0.1) is 11.3 Å². The molecule has 0 aliphatic heterocycles. The zero-order valence-corrected chi connectivity index (χ0v) is 17.1. The molecule has 0 atom stereocenters. The van der Waals surface area contributed by atoms with Gasteiger partial charge in [0, 0.05) is 22.0 Å². The lowest BCUT2D eigenvalue weighted by molar-refractivity contribution is 0.490. The smallest absolute Gasteiger partial charge is 0.287 e. The third-order valence-corrected chi connectivity index (χ3v) is 4.66. The van der Waals surface area contributed by atoms with Crippen molar-refractivity contribution in [1.82, 2.24) is 19.7 Å². The monoisotopic (exact) mass is 456 g/mol. The minimum atomic E-state index is -3.67. The Morgan fingerprint density at radius 3 is 2.59 bits per heavy atom. The average Bonchev–Trinajstić information content (AvgIpc) is 3.10. The molecular weight excluding hydrogens is 444 g/mol. The number of halogens is 1. The van der Waals surface area contributed by atoms with E-state index in [1.54, 1.807) is 17.6 Å². The van der Waals surface area contributed by atoms with Gasteiger partial charge in [0.2, 0.25) is 5.43 Å². The Hall–Kier alpha value is -2.80. The van der Waals surface area contributed by atoms with Crippen LogP contribution < -0.4 is 16.5 Å². The fourth-order valence-corrected chi connectivity index (χ4v) is 3.36. The summed E-state index contributed by atoms with van der Waals surface area (Å²) in [4.78, 5) is 44.6.